The van der Waals surface area contributed by atoms with Crippen LogP contribution in [0.15, 0.2) is 61.3 Å². The smallest absolute Gasteiger partial charge is 0.232 e. The van der Waals surface area contributed by atoms with Crippen molar-refractivity contribution in [3.8, 4) is 5.82 Å². The summed E-state index contributed by atoms with van der Waals surface area (Å²) in [5.41, 5.74) is 2.22. The highest BCUT2D eigenvalue weighted by Gasteiger charge is 2.33. The zero-order valence-electron chi connectivity index (χ0n) is 14.2. The first kappa shape index (κ1) is 16.0. The molecule has 1 aliphatic heterocycles. The quantitative estimate of drug-likeness (QED) is 0.789. The molecule has 0 spiro atoms. The lowest BCUT2D eigenvalue weighted by Gasteiger charge is -2.30. The lowest BCUT2D eigenvalue weighted by atomic mass is 9.89. The first-order valence-corrected chi connectivity index (χ1v) is 8.24. The Morgan fingerprint density at radius 2 is 2.08 bits per heavy atom. The lowest BCUT2D eigenvalue weighted by molar-refractivity contribution is -0.124. The molecule has 7 nitrogen and oxygen atoms in total. The molecule has 0 unspecified atom stereocenters. The second kappa shape index (κ2) is 6.44. The third kappa shape index (κ3) is 2.83. The van der Waals surface area contributed by atoms with Crippen LogP contribution in [0.3, 0.4) is 0 Å². The molecule has 2 amide bonds. The number of benzene rings is 1. The van der Waals surface area contributed by atoms with Crippen molar-refractivity contribution in [3.63, 3.8) is 0 Å². The number of imidazole rings is 1. The van der Waals surface area contributed by atoms with Crippen LogP contribution in [0.5, 0.6) is 0 Å². The molecule has 0 fully saturated rings. The molecule has 26 heavy (non-hydrogen) atoms. The monoisotopic (exact) mass is 347 g/mol. The Balaban J connectivity index is 1.55. The van der Waals surface area contributed by atoms with Gasteiger partial charge in [-0.15, -0.1) is 0 Å². The summed E-state index contributed by atoms with van der Waals surface area (Å²) in [5.74, 6) is -0.0861. The van der Waals surface area contributed by atoms with Crippen LogP contribution in [0, 0.1) is 0 Å². The number of nitrogens with one attached hydrogen (secondary N) is 1. The Labute approximate surface area is 150 Å². The minimum absolute atomic E-state index is 0.0718. The van der Waals surface area contributed by atoms with Crippen LogP contribution >= 0.6 is 0 Å². The number of carbonyl (C=O) groups is 2. The van der Waals surface area contributed by atoms with Crippen molar-refractivity contribution in [2.45, 2.75) is 12.3 Å². The molecule has 2 aromatic heterocycles. The number of para-hydroxylation sites is 1. The molecule has 130 valence electrons. The van der Waals surface area contributed by atoms with Crippen molar-refractivity contribution in [2.24, 2.45) is 0 Å². The molecule has 0 saturated heterocycles. The fourth-order valence-electron chi connectivity index (χ4n) is 3.11. The summed E-state index contributed by atoms with van der Waals surface area (Å²) in [5, 5.41) is 2.86. The fraction of sp³-hybridized carbons (Fsp3) is 0.158. The highest BCUT2D eigenvalue weighted by molar-refractivity contribution is 6.05. The molecular formula is C19H17N5O2. The number of amides is 2. The number of hydrogen-bond donors (Lipinski definition) is 1. The maximum atomic E-state index is 12.8. The van der Waals surface area contributed by atoms with Crippen LogP contribution < -0.4 is 10.2 Å². The Morgan fingerprint density at radius 1 is 1.23 bits per heavy atom. The number of carbonyl (C=O) groups excluding carboxylic acids is 2. The van der Waals surface area contributed by atoms with Crippen molar-refractivity contribution >= 4 is 23.2 Å². The van der Waals surface area contributed by atoms with Gasteiger partial charge in [-0.25, -0.2) is 9.97 Å². The first-order valence-electron chi connectivity index (χ1n) is 8.24. The number of aromatic nitrogens is 3. The van der Waals surface area contributed by atoms with Crippen LogP contribution in [-0.4, -0.2) is 33.4 Å². The maximum Gasteiger partial charge on any atom is 0.232 e. The molecule has 3 heterocycles. The first-order chi connectivity index (χ1) is 12.6. The summed E-state index contributed by atoms with van der Waals surface area (Å²) >= 11 is 0. The van der Waals surface area contributed by atoms with E-state index >= 15 is 0 Å². The summed E-state index contributed by atoms with van der Waals surface area (Å²) in [4.78, 5) is 34.9. The van der Waals surface area contributed by atoms with Crippen LogP contribution in [-0.2, 0) is 9.59 Å². The van der Waals surface area contributed by atoms with Gasteiger partial charge in [0.25, 0.3) is 0 Å². The summed E-state index contributed by atoms with van der Waals surface area (Å²) in [6.45, 7) is 0. The minimum atomic E-state index is -0.511. The van der Waals surface area contributed by atoms with E-state index in [4.69, 9.17) is 0 Å². The average molecular weight is 347 g/mol. The van der Waals surface area contributed by atoms with Crippen molar-refractivity contribution in [1.82, 2.24) is 14.5 Å². The molecular weight excluding hydrogens is 330 g/mol. The third-order valence-electron chi connectivity index (χ3n) is 4.53. The zero-order valence-corrected chi connectivity index (χ0v) is 14.2. The molecule has 4 rings (SSSR count). The summed E-state index contributed by atoms with van der Waals surface area (Å²) < 4.78 is 1.78. The molecule has 0 aliphatic carbocycles. The van der Waals surface area contributed by atoms with Gasteiger partial charge in [0, 0.05) is 31.5 Å². The normalized spacial score (nSPS) is 16.3. The van der Waals surface area contributed by atoms with Crippen LogP contribution in [0.25, 0.3) is 5.82 Å². The molecule has 0 radical (unpaired) electrons. The predicted molar refractivity (Wildman–Crippen MR) is 97.2 cm³/mol. The van der Waals surface area contributed by atoms with Crippen molar-refractivity contribution in [1.29, 1.82) is 0 Å². The molecule has 0 bridgehead atoms. The van der Waals surface area contributed by atoms with Crippen molar-refractivity contribution < 1.29 is 9.59 Å². The van der Waals surface area contributed by atoms with Gasteiger partial charge in [0.15, 0.2) is 0 Å². The SMILES string of the molecule is CN1C(=O)C[C@@H](C(=O)Nc2ccc(-n3ccnc3)nc2)c2ccccc21. The standard InChI is InChI=1S/C19H17N5O2/c1-23-16-5-3-2-4-14(16)15(10-18(23)25)19(26)22-13-6-7-17(21-11-13)24-9-8-20-12-24/h2-9,11-12,15H,10H2,1H3,(H,22,26)/t15-/m1/s1. The molecule has 7 heteroatoms. The molecule has 1 aromatic carbocycles. The number of pyridine rings is 1. The van der Waals surface area contributed by atoms with E-state index in [1.807, 2.05) is 24.3 Å². The Kier molecular flexibility index (Phi) is 3.96. The Bertz CT molecular complexity index is 950. The number of fused-ring (bicyclic) bond motifs is 1. The Morgan fingerprint density at radius 3 is 2.81 bits per heavy atom. The van der Waals surface area contributed by atoms with Crippen molar-refractivity contribution in [3.05, 3.63) is 66.9 Å². The molecule has 1 N–H and O–H groups in total. The fourth-order valence-corrected chi connectivity index (χ4v) is 3.11. The second-order valence-electron chi connectivity index (χ2n) is 6.13. The van der Waals surface area contributed by atoms with E-state index in [0.29, 0.717) is 11.5 Å². The number of anilines is 2. The minimum Gasteiger partial charge on any atom is -0.324 e. The van der Waals surface area contributed by atoms with Crippen LogP contribution in [0.4, 0.5) is 11.4 Å². The lowest BCUT2D eigenvalue weighted by Crippen LogP contribution is -2.37. The van der Waals surface area contributed by atoms with Crippen molar-refractivity contribution in [2.75, 3.05) is 17.3 Å². The van der Waals surface area contributed by atoms with Gasteiger partial charge in [-0.3, -0.25) is 14.2 Å². The topological polar surface area (TPSA) is 80.1 Å². The third-order valence-corrected chi connectivity index (χ3v) is 4.53. The van der Waals surface area contributed by atoms with E-state index in [1.54, 1.807) is 53.6 Å². The van der Waals surface area contributed by atoms with E-state index in [9.17, 15) is 9.59 Å². The summed E-state index contributed by atoms with van der Waals surface area (Å²) in [6.07, 6.45) is 6.87. The Hall–Kier alpha value is -3.48. The van der Waals surface area contributed by atoms with Crippen LogP contribution in [0.1, 0.15) is 17.9 Å². The molecule has 1 aliphatic rings. The van der Waals surface area contributed by atoms with E-state index in [2.05, 4.69) is 15.3 Å². The zero-order chi connectivity index (χ0) is 18.1. The maximum absolute atomic E-state index is 12.8. The van der Waals surface area contributed by atoms with E-state index in [-0.39, 0.29) is 18.2 Å². The average Bonchev–Trinajstić information content (AvgIpc) is 3.20. The predicted octanol–water partition coefficient (Wildman–Crippen LogP) is 2.36. The van der Waals surface area contributed by atoms with Gasteiger partial charge in [0.1, 0.15) is 12.1 Å². The van der Waals surface area contributed by atoms with E-state index in [0.717, 1.165) is 11.3 Å². The number of rotatable bonds is 3. The van der Waals surface area contributed by atoms with Gasteiger partial charge in [0.05, 0.1) is 17.8 Å². The van der Waals surface area contributed by atoms with E-state index in [1.165, 1.54) is 0 Å². The van der Waals surface area contributed by atoms with Gasteiger partial charge in [-0.2, -0.15) is 0 Å². The van der Waals surface area contributed by atoms with Gasteiger partial charge in [-0.05, 0) is 23.8 Å². The summed E-state index contributed by atoms with van der Waals surface area (Å²) in [7, 11) is 1.73. The largest absolute Gasteiger partial charge is 0.324 e. The number of hydrogen-bond acceptors (Lipinski definition) is 4. The van der Waals surface area contributed by atoms with Gasteiger partial charge in [0.2, 0.25) is 11.8 Å². The number of nitrogens with zero attached hydrogens (tertiary/aromatic N) is 4. The van der Waals surface area contributed by atoms with Gasteiger partial charge >= 0.3 is 0 Å². The highest BCUT2D eigenvalue weighted by Crippen LogP contribution is 2.35. The molecule has 1 atom stereocenters. The van der Waals surface area contributed by atoms with Gasteiger partial charge in [-0.1, -0.05) is 18.2 Å². The van der Waals surface area contributed by atoms with Gasteiger partial charge < -0.3 is 10.2 Å². The molecule has 0 saturated carbocycles. The van der Waals surface area contributed by atoms with E-state index < -0.39 is 5.92 Å². The second-order valence-corrected chi connectivity index (χ2v) is 6.13. The highest BCUT2D eigenvalue weighted by atomic mass is 16.2. The molecule has 3 aromatic rings. The summed E-state index contributed by atoms with van der Waals surface area (Å²) in [6, 6.07) is 11.1. The van der Waals surface area contributed by atoms with Crippen LogP contribution in [0.2, 0.25) is 0 Å².